The Kier molecular flexibility index (Phi) is 1.95. The lowest BCUT2D eigenvalue weighted by Crippen LogP contribution is -2.60. The molecular weight excluding hydrogens is 202 g/mol. The summed E-state index contributed by atoms with van der Waals surface area (Å²) in [5, 5.41) is 9.08. The van der Waals surface area contributed by atoms with E-state index in [1.54, 1.807) is 0 Å². The number of fused-ring (bicyclic) bond motifs is 1. The molecule has 1 aliphatic carbocycles. The van der Waals surface area contributed by atoms with E-state index in [0.717, 1.165) is 0 Å². The summed E-state index contributed by atoms with van der Waals surface area (Å²) in [6.07, 6.45) is 0. The molecule has 2 fully saturated rings. The van der Waals surface area contributed by atoms with E-state index >= 15 is 0 Å². The molecule has 5 heteroatoms. The summed E-state index contributed by atoms with van der Waals surface area (Å²) in [6.45, 7) is 3.74. The number of rotatable bonds is 1. The lowest BCUT2D eigenvalue weighted by atomic mass is 9.68. The van der Waals surface area contributed by atoms with Crippen molar-refractivity contribution in [2.24, 2.45) is 17.6 Å². The van der Waals surface area contributed by atoms with Crippen molar-refractivity contribution in [1.29, 1.82) is 0 Å². The molecule has 0 aromatic rings. The summed E-state index contributed by atoms with van der Waals surface area (Å²) in [5.41, 5.74) is 5.63. The first-order chi connectivity index (χ1) is 6.36. The first kappa shape index (κ1) is 9.98. The van der Waals surface area contributed by atoms with Crippen molar-refractivity contribution < 1.29 is 14.7 Å². The molecule has 2 unspecified atom stereocenters. The van der Waals surface area contributed by atoms with Gasteiger partial charge in [0.25, 0.3) is 0 Å². The summed E-state index contributed by atoms with van der Waals surface area (Å²) in [7, 11) is 0. The van der Waals surface area contributed by atoms with Crippen LogP contribution < -0.4 is 5.73 Å². The number of Topliss-reactive ketones (excluding diaryl/α,β-unsaturated/α-hetero) is 1. The summed E-state index contributed by atoms with van der Waals surface area (Å²) in [5.74, 6) is -1.90. The second kappa shape index (κ2) is 2.73. The van der Waals surface area contributed by atoms with Crippen LogP contribution in [0.1, 0.15) is 13.8 Å². The highest BCUT2D eigenvalue weighted by Crippen LogP contribution is 2.57. The van der Waals surface area contributed by atoms with Gasteiger partial charge >= 0.3 is 5.97 Å². The molecule has 0 radical (unpaired) electrons. The van der Waals surface area contributed by atoms with Gasteiger partial charge in [-0.05, 0) is 13.8 Å². The molecule has 4 atom stereocenters. The molecule has 1 aliphatic heterocycles. The van der Waals surface area contributed by atoms with Crippen molar-refractivity contribution in [1.82, 2.24) is 0 Å². The molecule has 4 nitrogen and oxygen atoms in total. The number of nitrogens with two attached hydrogens (primary N) is 1. The Balaban J connectivity index is 2.32. The zero-order valence-corrected chi connectivity index (χ0v) is 8.88. The van der Waals surface area contributed by atoms with Crippen LogP contribution in [0.25, 0.3) is 0 Å². The molecule has 0 spiro atoms. The normalized spacial score (nSPS) is 44.4. The Hall–Kier alpha value is -0.550. The van der Waals surface area contributed by atoms with Crippen LogP contribution in [0.5, 0.6) is 0 Å². The predicted molar refractivity (Wildman–Crippen MR) is 53.1 cm³/mol. The highest BCUT2D eigenvalue weighted by atomic mass is 32.2. The number of thioether (sulfide) groups is 1. The van der Waals surface area contributed by atoms with Gasteiger partial charge in [0.2, 0.25) is 0 Å². The van der Waals surface area contributed by atoms with E-state index in [9.17, 15) is 9.59 Å². The van der Waals surface area contributed by atoms with Crippen LogP contribution in [0.15, 0.2) is 0 Å². The number of carboxylic acids is 1. The van der Waals surface area contributed by atoms with Gasteiger partial charge in [-0.15, -0.1) is 11.8 Å². The largest absolute Gasteiger partial charge is 0.481 e. The topological polar surface area (TPSA) is 80.4 Å². The molecule has 0 aromatic carbocycles. The molecular formula is C9H13NO3S. The van der Waals surface area contributed by atoms with Gasteiger partial charge in [-0.1, -0.05) is 0 Å². The molecule has 3 N–H and O–H groups in total. The van der Waals surface area contributed by atoms with Gasteiger partial charge in [0.05, 0.1) is 12.0 Å². The summed E-state index contributed by atoms with van der Waals surface area (Å²) < 4.78 is -0.384. The van der Waals surface area contributed by atoms with Crippen LogP contribution in [-0.4, -0.2) is 32.9 Å². The molecule has 1 saturated carbocycles. The van der Waals surface area contributed by atoms with Gasteiger partial charge in [0.1, 0.15) is 0 Å². The van der Waals surface area contributed by atoms with Crippen LogP contribution in [0.2, 0.25) is 0 Å². The van der Waals surface area contributed by atoms with Gasteiger partial charge in [-0.25, -0.2) is 0 Å². The highest BCUT2D eigenvalue weighted by molar-refractivity contribution is 8.01. The second-order valence-corrected chi connectivity index (χ2v) is 6.29. The maximum absolute atomic E-state index is 11.4. The van der Waals surface area contributed by atoms with Gasteiger partial charge < -0.3 is 10.8 Å². The van der Waals surface area contributed by atoms with E-state index in [-0.39, 0.29) is 21.7 Å². The number of hydrogen-bond acceptors (Lipinski definition) is 4. The summed E-state index contributed by atoms with van der Waals surface area (Å²) in [4.78, 5) is 22.5. The number of carboxylic acid groups (broad SMARTS) is 1. The van der Waals surface area contributed by atoms with Gasteiger partial charge in [0.15, 0.2) is 5.78 Å². The van der Waals surface area contributed by atoms with E-state index in [4.69, 9.17) is 10.8 Å². The Morgan fingerprint density at radius 2 is 2.14 bits per heavy atom. The van der Waals surface area contributed by atoms with Crippen molar-refractivity contribution in [3.63, 3.8) is 0 Å². The molecule has 1 heterocycles. The third-order valence-corrected chi connectivity index (χ3v) is 4.90. The van der Waals surface area contributed by atoms with Crippen LogP contribution in [-0.2, 0) is 9.59 Å². The third kappa shape index (κ3) is 1.05. The number of hydrogen-bond donors (Lipinski definition) is 2. The van der Waals surface area contributed by atoms with Crippen LogP contribution in [0, 0.1) is 11.8 Å². The molecule has 1 saturated heterocycles. The predicted octanol–water partition coefficient (Wildman–Crippen LogP) is 0.107. The highest BCUT2D eigenvalue weighted by Gasteiger charge is 2.64. The average molecular weight is 215 g/mol. The summed E-state index contributed by atoms with van der Waals surface area (Å²) >= 11 is 1.54. The zero-order valence-electron chi connectivity index (χ0n) is 8.06. The monoisotopic (exact) mass is 215 g/mol. The smallest absolute Gasteiger partial charge is 0.308 e. The van der Waals surface area contributed by atoms with Crippen molar-refractivity contribution in [2.45, 2.75) is 29.9 Å². The molecule has 2 rings (SSSR count). The molecule has 0 aromatic heterocycles. The maximum Gasteiger partial charge on any atom is 0.308 e. The first-order valence-corrected chi connectivity index (χ1v) is 5.44. The van der Waals surface area contributed by atoms with E-state index in [2.05, 4.69) is 0 Å². The SMILES string of the molecule is CC1(C)SC2C(C(=O)[C@@H]2N)[C@H]1C(=O)O. The van der Waals surface area contributed by atoms with Gasteiger partial charge in [-0.2, -0.15) is 0 Å². The molecule has 78 valence electrons. The molecule has 0 amide bonds. The number of ketones is 1. The Labute approximate surface area is 86.2 Å². The van der Waals surface area contributed by atoms with E-state index in [0.29, 0.717) is 0 Å². The number of carbonyl (C=O) groups excluding carboxylic acids is 1. The average Bonchev–Trinajstić information content (AvgIpc) is 2.34. The minimum atomic E-state index is -0.879. The molecule has 2 aliphatic rings. The van der Waals surface area contributed by atoms with Gasteiger partial charge in [-0.3, -0.25) is 9.59 Å². The molecule has 14 heavy (non-hydrogen) atoms. The fourth-order valence-corrected chi connectivity index (χ4v) is 4.27. The van der Waals surface area contributed by atoms with E-state index in [1.165, 1.54) is 11.8 Å². The fourth-order valence-electron chi connectivity index (χ4n) is 2.46. The van der Waals surface area contributed by atoms with Gasteiger partial charge in [0, 0.05) is 15.9 Å². The fraction of sp³-hybridized carbons (Fsp3) is 0.778. The maximum atomic E-state index is 11.4. The molecule has 0 bridgehead atoms. The van der Waals surface area contributed by atoms with Crippen molar-refractivity contribution in [2.75, 3.05) is 0 Å². The Bertz CT molecular complexity index is 315. The lowest BCUT2D eigenvalue weighted by molar-refractivity contribution is -0.150. The van der Waals surface area contributed by atoms with Crippen LogP contribution in [0.3, 0.4) is 0 Å². The first-order valence-electron chi connectivity index (χ1n) is 4.56. The third-order valence-electron chi connectivity index (χ3n) is 3.18. The number of carbonyl (C=O) groups is 2. The lowest BCUT2D eigenvalue weighted by Gasteiger charge is -2.36. The minimum absolute atomic E-state index is 0.0126. The number of aliphatic carboxylic acids is 1. The van der Waals surface area contributed by atoms with E-state index < -0.39 is 17.9 Å². The van der Waals surface area contributed by atoms with Crippen LogP contribution >= 0.6 is 11.8 Å². The Morgan fingerprint density at radius 1 is 1.57 bits per heavy atom. The Morgan fingerprint density at radius 3 is 2.64 bits per heavy atom. The van der Waals surface area contributed by atoms with Crippen LogP contribution in [0.4, 0.5) is 0 Å². The zero-order chi connectivity index (χ0) is 10.7. The van der Waals surface area contributed by atoms with Crippen molar-refractivity contribution in [3.8, 4) is 0 Å². The summed E-state index contributed by atoms with van der Waals surface area (Å²) in [6, 6.07) is -0.450. The quantitative estimate of drug-likeness (QED) is 0.648. The standard InChI is InChI=1S/C9H13NO3S/c1-9(2)4(8(12)13)3-6(11)5(10)7(3)14-9/h3-5,7H,10H2,1-2H3,(H,12,13)/t3?,4-,5-,7?/m0/s1. The minimum Gasteiger partial charge on any atom is -0.481 e. The second-order valence-electron chi connectivity index (χ2n) is 4.46. The van der Waals surface area contributed by atoms with E-state index in [1.807, 2.05) is 13.8 Å². The van der Waals surface area contributed by atoms with Crippen molar-refractivity contribution in [3.05, 3.63) is 0 Å². The van der Waals surface area contributed by atoms with Crippen molar-refractivity contribution >= 4 is 23.5 Å².